The van der Waals surface area contributed by atoms with Gasteiger partial charge in [-0.05, 0) is 59.3 Å². The standard InChI is InChI=1S/C29H35FN10O5/c30-15-24(40(16-18-7-3-1-4-8-18)29(43)44-17-19-9-5-2-6-10-19)20-11-12-21(34-37-31)25(13-20)45-28-23(36-39-33)14-22(35-38-32)26(41)27(28)42/h1-10,20-28,41-42H,11-17H2/t20-,21-,22-,23+,24-,25+,26+,27-,28-/m1/s1. The highest BCUT2D eigenvalue weighted by atomic mass is 19.1. The van der Waals surface area contributed by atoms with E-state index in [-0.39, 0.29) is 32.4 Å². The molecule has 238 valence electrons. The zero-order valence-corrected chi connectivity index (χ0v) is 24.4. The lowest BCUT2D eigenvalue weighted by molar-refractivity contribution is -0.160. The van der Waals surface area contributed by atoms with Crippen molar-refractivity contribution in [2.24, 2.45) is 21.3 Å². The molecule has 15 nitrogen and oxygen atoms in total. The summed E-state index contributed by atoms with van der Waals surface area (Å²) in [4.78, 5) is 23.3. The van der Waals surface area contributed by atoms with E-state index in [4.69, 9.17) is 20.5 Å². The Bertz CT molecular complexity index is 1400. The van der Waals surface area contributed by atoms with Gasteiger partial charge in [-0.3, -0.25) is 4.90 Å². The first-order valence-electron chi connectivity index (χ1n) is 14.6. The predicted molar refractivity (Wildman–Crippen MR) is 160 cm³/mol. The SMILES string of the molecule is [N-]=[N+]=N[C@H]1C[C@@H](N=[N+]=[N-])[C@H](O)[C@@H](O)[C@@H]1O[C@H]1C[C@H]([C@@H](CF)N(Cc2ccccc2)C(=O)OCc2ccccc2)CC[C@H]1N=[N+]=[N-]. The molecule has 2 aliphatic carbocycles. The van der Waals surface area contributed by atoms with Crippen LogP contribution in [0.25, 0.3) is 31.3 Å². The Morgan fingerprint density at radius 3 is 2.09 bits per heavy atom. The van der Waals surface area contributed by atoms with E-state index < -0.39 is 67.3 Å². The third kappa shape index (κ3) is 8.55. The van der Waals surface area contributed by atoms with Crippen molar-refractivity contribution in [2.45, 2.75) is 87.4 Å². The minimum atomic E-state index is -1.60. The Morgan fingerprint density at radius 2 is 1.47 bits per heavy atom. The first kappa shape index (κ1) is 33.3. The van der Waals surface area contributed by atoms with Gasteiger partial charge < -0.3 is 19.7 Å². The Hall–Kier alpha value is -4.55. The Morgan fingerprint density at radius 1 is 0.867 bits per heavy atom. The van der Waals surface area contributed by atoms with Crippen LogP contribution in [-0.4, -0.2) is 76.5 Å². The van der Waals surface area contributed by atoms with Crippen LogP contribution in [-0.2, 0) is 22.6 Å². The summed E-state index contributed by atoms with van der Waals surface area (Å²) in [6, 6.07) is 14.5. The Labute approximate surface area is 258 Å². The second-order valence-electron chi connectivity index (χ2n) is 11.1. The Kier molecular flexibility index (Phi) is 12.2. The van der Waals surface area contributed by atoms with E-state index in [0.717, 1.165) is 11.1 Å². The lowest BCUT2D eigenvalue weighted by Crippen LogP contribution is -2.58. The smallest absolute Gasteiger partial charge is 0.410 e. The van der Waals surface area contributed by atoms with E-state index in [1.807, 2.05) is 60.7 Å². The number of alkyl halides is 1. The molecule has 2 aromatic rings. The van der Waals surface area contributed by atoms with Gasteiger partial charge in [0.05, 0.1) is 42.5 Å². The quantitative estimate of drug-likeness (QED) is 0.167. The summed E-state index contributed by atoms with van der Waals surface area (Å²) in [6.07, 6.45) is -5.21. The van der Waals surface area contributed by atoms with E-state index in [1.165, 1.54) is 4.90 Å². The van der Waals surface area contributed by atoms with Crippen LogP contribution >= 0.6 is 0 Å². The van der Waals surface area contributed by atoms with Gasteiger partial charge in [0.25, 0.3) is 0 Å². The molecular weight excluding hydrogens is 587 g/mol. The maximum absolute atomic E-state index is 15.0. The molecule has 9 atom stereocenters. The molecular formula is C29H35FN10O5. The third-order valence-electron chi connectivity index (χ3n) is 8.41. The van der Waals surface area contributed by atoms with E-state index in [1.54, 1.807) is 0 Å². The number of amides is 1. The van der Waals surface area contributed by atoms with E-state index in [2.05, 4.69) is 30.1 Å². The average molecular weight is 623 g/mol. The molecule has 16 heteroatoms. The van der Waals surface area contributed by atoms with Crippen LogP contribution in [0.15, 0.2) is 76.0 Å². The molecule has 0 heterocycles. The molecule has 4 rings (SSSR count). The zero-order chi connectivity index (χ0) is 32.2. The minimum absolute atomic E-state index is 0.00113. The molecule has 0 aliphatic heterocycles. The number of azide groups is 3. The van der Waals surface area contributed by atoms with E-state index in [0.29, 0.717) is 6.42 Å². The number of hydrogen-bond acceptors (Lipinski definition) is 8. The fourth-order valence-corrected chi connectivity index (χ4v) is 6.11. The van der Waals surface area contributed by atoms with Gasteiger partial charge in [-0.25, -0.2) is 9.18 Å². The van der Waals surface area contributed by atoms with Gasteiger partial charge in [0.1, 0.15) is 19.4 Å². The summed E-state index contributed by atoms with van der Waals surface area (Å²) >= 11 is 0. The van der Waals surface area contributed by atoms with Crippen LogP contribution in [0.3, 0.4) is 0 Å². The number of rotatable bonds is 12. The van der Waals surface area contributed by atoms with Crippen LogP contribution in [0.1, 0.15) is 36.8 Å². The van der Waals surface area contributed by atoms with Gasteiger partial charge in [-0.2, -0.15) is 0 Å². The number of aliphatic hydroxyl groups excluding tert-OH is 2. The molecule has 0 unspecified atom stereocenters. The topological polar surface area (TPSA) is 226 Å². The summed E-state index contributed by atoms with van der Waals surface area (Å²) in [6.45, 7) is -0.812. The van der Waals surface area contributed by atoms with E-state index in [9.17, 15) is 20.5 Å². The number of aliphatic hydroxyl groups is 2. The number of hydrogen-bond donors (Lipinski definition) is 2. The second kappa shape index (κ2) is 16.5. The van der Waals surface area contributed by atoms with Crippen LogP contribution in [0.4, 0.5) is 9.18 Å². The lowest BCUT2D eigenvalue weighted by atomic mass is 9.79. The van der Waals surface area contributed by atoms with Gasteiger partial charge >= 0.3 is 6.09 Å². The van der Waals surface area contributed by atoms with Crippen molar-refractivity contribution in [3.05, 3.63) is 103 Å². The van der Waals surface area contributed by atoms with Gasteiger partial charge in [0, 0.05) is 21.3 Å². The van der Waals surface area contributed by atoms with Crippen molar-refractivity contribution < 1.29 is 28.9 Å². The molecule has 0 saturated heterocycles. The van der Waals surface area contributed by atoms with Gasteiger partial charge in [0.2, 0.25) is 0 Å². The lowest BCUT2D eigenvalue weighted by Gasteiger charge is -2.45. The molecule has 45 heavy (non-hydrogen) atoms. The monoisotopic (exact) mass is 622 g/mol. The highest BCUT2D eigenvalue weighted by molar-refractivity contribution is 5.68. The highest BCUT2D eigenvalue weighted by Gasteiger charge is 2.47. The molecule has 0 aromatic heterocycles. The molecule has 0 spiro atoms. The fraction of sp³-hybridized carbons (Fsp3) is 0.552. The number of carbonyl (C=O) groups excluding carboxylic acids is 1. The third-order valence-corrected chi connectivity index (χ3v) is 8.41. The number of halogens is 1. The molecule has 0 bridgehead atoms. The molecule has 1 amide bonds. The van der Waals surface area contributed by atoms with Crippen molar-refractivity contribution in [1.82, 2.24) is 4.90 Å². The molecule has 0 radical (unpaired) electrons. The predicted octanol–water partition coefficient (Wildman–Crippen LogP) is 5.88. The first-order chi connectivity index (χ1) is 21.9. The Balaban J connectivity index is 1.58. The number of ether oxygens (including phenoxy) is 2. The van der Waals surface area contributed by atoms with Crippen LogP contribution in [0.5, 0.6) is 0 Å². The maximum Gasteiger partial charge on any atom is 0.410 e. The van der Waals surface area contributed by atoms with Crippen molar-refractivity contribution in [3.8, 4) is 0 Å². The van der Waals surface area contributed by atoms with Crippen LogP contribution < -0.4 is 0 Å². The fourth-order valence-electron chi connectivity index (χ4n) is 6.11. The highest BCUT2D eigenvalue weighted by Crippen LogP contribution is 2.37. The maximum atomic E-state index is 15.0. The first-order valence-corrected chi connectivity index (χ1v) is 14.6. The van der Waals surface area contributed by atoms with Crippen molar-refractivity contribution in [3.63, 3.8) is 0 Å². The van der Waals surface area contributed by atoms with E-state index >= 15 is 4.39 Å². The number of carbonyl (C=O) groups is 1. The summed E-state index contributed by atoms with van der Waals surface area (Å²) < 4.78 is 26.9. The molecule has 2 N–H and O–H groups in total. The zero-order valence-electron chi connectivity index (χ0n) is 24.4. The summed E-state index contributed by atoms with van der Waals surface area (Å²) in [5.74, 6) is -0.474. The van der Waals surface area contributed by atoms with Crippen molar-refractivity contribution >= 4 is 6.09 Å². The second-order valence-corrected chi connectivity index (χ2v) is 11.1. The van der Waals surface area contributed by atoms with Gasteiger partial charge in [-0.15, -0.1) is 0 Å². The van der Waals surface area contributed by atoms with Gasteiger partial charge in [0.15, 0.2) is 0 Å². The summed E-state index contributed by atoms with van der Waals surface area (Å²) in [5.41, 5.74) is 28.8. The molecule has 2 aromatic carbocycles. The van der Waals surface area contributed by atoms with Crippen LogP contribution in [0.2, 0.25) is 0 Å². The summed E-state index contributed by atoms with van der Waals surface area (Å²) in [5, 5.41) is 32.6. The van der Waals surface area contributed by atoms with Crippen molar-refractivity contribution in [1.29, 1.82) is 0 Å². The average Bonchev–Trinajstić information content (AvgIpc) is 3.06. The molecule has 2 fully saturated rings. The molecule has 2 aliphatic rings. The van der Waals surface area contributed by atoms with Crippen molar-refractivity contribution in [2.75, 3.05) is 6.67 Å². The normalized spacial score (nSPS) is 28.3. The largest absolute Gasteiger partial charge is 0.445 e. The molecule has 2 saturated carbocycles. The number of benzene rings is 2. The number of nitrogens with zero attached hydrogens (tertiary/aromatic N) is 10. The summed E-state index contributed by atoms with van der Waals surface area (Å²) in [7, 11) is 0. The van der Waals surface area contributed by atoms with Crippen LogP contribution in [0, 0.1) is 5.92 Å². The minimum Gasteiger partial charge on any atom is -0.445 e. The van der Waals surface area contributed by atoms with Gasteiger partial charge in [-0.1, -0.05) is 76.0 Å².